The first-order valence-electron chi connectivity index (χ1n) is 10.8. The van der Waals surface area contributed by atoms with Crippen LogP contribution >= 0.6 is 0 Å². The third-order valence-corrected chi connectivity index (χ3v) is 5.45. The van der Waals surface area contributed by atoms with E-state index in [2.05, 4.69) is 21.7 Å². The second kappa shape index (κ2) is 9.40. The summed E-state index contributed by atoms with van der Waals surface area (Å²) in [6.45, 7) is 0. The molecular formula is C27H19N5O3. The molecular weight excluding hydrogens is 442 g/mol. The van der Waals surface area contributed by atoms with Crippen LogP contribution in [0.3, 0.4) is 0 Å². The zero-order valence-electron chi connectivity index (χ0n) is 18.4. The summed E-state index contributed by atoms with van der Waals surface area (Å²) in [7, 11) is 0. The van der Waals surface area contributed by atoms with E-state index in [-0.39, 0.29) is 11.4 Å². The molecule has 0 aliphatic carbocycles. The predicted octanol–water partition coefficient (Wildman–Crippen LogP) is 5.36. The monoisotopic (exact) mass is 461 g/mol. The van der Waals surface area contributed by atoms with Gasteiger partial charge in [-0.15, -0.1) is 0 Å². The van der Waals surface area contributed by atoms with Crippen molar-refractivity contribution in [3.63, 3.8) is 0 Å². The predicted molar refractivity (Wildman–Crippen MR) is 135 cm³/mol. The molecule has 0 unspecified atom stereocenters. The van der Waals surface area contributed by atoms with Crippen molar-refractivity contribution in [2.45, 2.75) is 0 Å². The molecule has 5 rings (SSSR count). The van der Waals surface area contributed by atoms with Crippen LogP contribution in [0.2, 0.25) is 0 Å². The molecule has 0 atom stereocenters. The number of hydrazone groups is 1. The zero-order chi connectivity index (χ0) is 24.2. The number of benzene rings is 4. The number of amides is 1. The maximum absolute atomic E-state index is 12.8. The van der Waals surface area contributed by atoms with Gasteiger partial charge in [-0.2, -0.15) is 10.2 Å². The van der Waals surface area contributed by atoms with Crippen molar-refractivity contribution in [2.24, 2.45) is 5.10 Å². The van der Waals surface area contributed by atoms with E-state index in [1.165, 1.54) is 18.3 Å². The van der Waals surface area contributed by atoms with Crippen LogP contribution < -0.4 is 5.43 Å². The van der Waals surface area contributed by atoms with E-state index in [0.717, 1.165) is 27.7 Å². The number of nitrogens with one attached hydrogen (secondary N) is 1. The smallest absolute Gasteiger partial charge is 0.265 e. The lowest BCUT2D eigenvalue weighted by atomic mass is 10.0. The van der Waals surface area contributed by atoms with Crippen LogP contribution in [0.15, 0.2) is 108 Å². The number of non-ortho nitro benzene ring substituents is 1. The van der Waals surface area contributed by atoms with Gasteiger partial charge >= 0.3 is 0 Å². The molecule has 0 saturated heterocycles. The number of carbonyl (C=O) groups excluding carboxylic acids is 1. The van der Waals surface area contributed by atoms with Crippen molar-refractivity contribution >= 4 is 28.6 Å². The Labute approximate surface area is 200 Å². The van der Waals surface area contributed by atoms with Crippen LogP contribution in [0.1, 0.15) is 16.1 Å². The number of hydrogen-bond acceptors (Lipinski definition) is 5. The minimum atomic E-state index is -0.497. The summed E-state index contributed by atoms with van der Waals surface area (Å²) in [4.78, 5) is 23.3. The van der Waals surface area contributed by atoms with Crippen LogP contribution in [0.25, 0.3) is 27.7 Å². The molecule has 5 aromatic rings. The molecule has 8 heteroatoms. The lowest BCUT2D eigenvalue weighted by Gasteiger charge is -2.08. The molecule has 1 aromatic heterocycles. The summed E-state index contributed by atoms with van der Waals surface area (Å²) >= 11 is 0. The lowest BCUT2D eigenvalue weighted by Crippen LogP contribution is -2.18. The highest BCUT2D eigenvalue weighted by atomic mass is 16.6. The molecule has 4 aromatic carbocycles. The number of para-hydroxylation sites is 1. The number of aromatic nitrogens is 2. The topological polar surface area (TPSA) is 102 Å². The fourth-order valence-electron chi connectivity index (χ4n) is 3.75. The van der Waals surface area contributed by atoms with Crippen molar-refractivity contribution in [1.29, 1.82) is 0 Å². The fraction of sp³-hybridized carbons (Fsp3) is 0. The third-order valence-electron chi connectivity index (χ3n) is 5.45. The van der Waals surface area contributed by atoms with Gasteiger partial charge in [0.1, 0.15) is 0 Å². The quantitative estimate of drug-likeness (QED) is 0.209. The Hall–Kier alpha value is -5.11. The SMILES string of the molecule is O=C(N/N=C\c1cccc([N+](=O)[O-])c1)c1cc(-c2ccc3ccccc3c2)n(-c2ccccc2)n1. The molecule has 1 heterocycles. The Kier molecular flexibility index (Phi) is 5.83. The van der Waals surface area contributed by atoms with Gasteiger partial charge < -0.3 is 0 Å². The molecule has 1 N–H and O–H groups in total. The van der Waals surface area contributed by atoms with Gasteiger partial charge in [-0.3, -0.25) is 14.9 Å². The van der Waals surface area contributed by atoms with Crippen molar-refractivity contribution in [3.8, 4) is 16.9 Å². The van der Waals surface area contributed by atoms with Crippen LogP contribution in [-0.2, 0) is 0 Å². The summed E-state index contributed by atoms with van der Waals surface area (Å²) in [5.74, 6) is -0.497. The Balaban J connectivity index is 1.46. The molecule has 0 radical (unpaired) electrons. The van der Waals surface area contributed by atoms with E-state index in [0.29, 0.717) is 5.56 Å². The molecule has 35 heavy (non-hydrogen) atoms. The summed E-state index contributed by atoms with van der Waals surface area (Å²) in [6.07, 6.45) is 1.35. The van der Waals surface area contributed by atoms with Gasteiger partial charge in [0.25, 0.3) is 11.6 Å². The van der Waals surface area contributed by atoms with Crippen LogP contribution in [-0.4, -0.2) is 26.8 Å². The van der Waals surface area contributed by atoms with Crippen LogP contribution in [0.5, 0.6) is 0 Å². The second-order valence-corrected chi connectivity index (χ2v) is 7.78. The first kappa shape index (κ1) is 21.7. The van der Waals surface area contributed by atoms with Gasteiger partial charge in [0.05, 0.1) is 22.5 Å². The maximum Gasteiger partial charge on any atom is 0.291 e. The molecule has 0 bridgehead atoms. The average molecular weight is 461 g/mol. The van der Waals surface area contributed by atoms with E-state index >= 15 is 0 Å². The molecule has 1 amide bonds. The number of nitrogens with zero attached hydrogens (tertiary/aromatic N) is 4. The summed E-state index contributed by atoms with van der Waals surface area (Å²) in [5.41, 5.74) is 5.57. The Morgan fingerprint density at radius 1 is 0.886 bits per heavy atom. The first-order valence-corrected chi connectivity index (χ1v) is 10.8. The largest absolute Gasteiger partial charge is 0.291 e. The first-order chi connectivity index (χ1) is 17.1. The average Bonchev–Trinajstić information content (AvgIpc) is 3.35. The van der Waals surface area contributed by atoms with Gasteiger partial charge in [0.2, 0.25) is 0 Å². The highest BCUT2D eigenvalue weighted by Gasteiger charge is 2.17. The van der Waals surface area contributed by atoms with Crippen LogP contribution in [0.4, 0.5) is 5.69 Å². The highest BCUT2D eigenvalue weighted by Crippen LogP contribution is 2.27. The fourth-order valence-corrected chi connectivity index (χ4v) is 3.75. The Morgan fingerprint density at radius 3 is 2.46 bits per heavy atom. The minimum Gasteiger partial charge on any atom is -0.265 e. The summed E-state index contributed by atoms with van der Waals surface area (Å²) in [6, 6.07) is 31.4. The molecule has 170 valence electrons. The van der Waals surface area contributed by atoms with E-state index in [1.54, 1.807) is 22.9 Å². The molecule has 0 fully saturated rings. The highest BCUT2D eigenvalue weighted by molar-refractivity contribution is 5.95. The van der Waals surface area contributed by atoms with E-state index in [4.69, 9.17) is 0 Å². The number of fused-ring (bicyclic) bond motifs is 1. The van der Waals surface area contributed by atoms with E-state index < -0.39 is 10.8 Å². The number of hydrogen-bond donors (Lipinski definition) is 1. The molecule has 8 nitrogen and oxygen atoms in total. The number of carbonyl (C=O) groups is 1. The minimum absolute atomic E-state index is 0.0538. The maximum atomic E-state index is 12.8. The van der Waals surface area contributed by atoms with Crippen molar-refractivity contribution in [1.82, 2.24) is 15.2 Å². The van der Waals surface area contributed by atoms with Gasteiger partial charge in [0, 0.05) is 23.3 Å². The Morgan fingerprint density at radius 2 is 1.66 bits per heavy atom. The molecule has 0 aliphatic heterocycles. The summed E-state index contributed by atoms with van der Waals surface area (Å²) in [5, 5.41) is 21.6. The van der Waals surface area contributed by atoms with E-state index in [1.807, 2.05) is 66.7 Å². The van der Waals surface area contributed by atoms with Gasteiger partial charge in [-0.25, -0.2) is 10.1 Å². The number of nitro benzene ring substituents is 1. The second-order valence-electron chi connectivity index (χ2n) is 7.78. The molecule has 0 aliphatic rings. The van der Waals surface area contributed by atoms with Crippen LogP contribution in [0, 0.1) is 10.1 Å². The summed E-state index contributed by atoms with van der Waals surface area (Å²) < 4.78 is 1.73. The third kappa shape index (κ3) is 4.67. The van der Waals surface area contributed by atoms with E-state index in [9.17, 15) is 14.9 Å². The lowest BCUT2D eigenvalue weighted by molar-refractivity contribution is -0.384. The van der Waals surface area contributed by atoms with Crippen molar-refractivity contribution in [3.05, 3.63) is 124 Å². The van der Waals surface area contributed by atoms with Gasteiger partial charge in [-0.05, 0) is 35.0 Å². The standard InChI is InChI=1S/C27H19N5O3/c33-27(29-28-18-19-7-6-12-24(15-19)32(34)35)25-17-26(31(30-25)23-10-2-1-3-11-23)22-14-13-20-8-4-5-9-21(20)16-22/h1-18H,(H,29,33)/b28-18-. The Bertz CT molecular complexity index is 1570. The van der Waals surface area contributed by atoms with Crippen molar-refractivity contribution in [2.75, 3.05) is 0 Å². The van der Waals surface area contributed by atoms with Gasteiger partial charge in [-0.1, -0.05) is 66.7 Å². The van der Waals surface area contributed by atoms with Crippen molar-refractivity contribution < 1.29 is 9.72 Å². The molecule has 0 saturated carbocycles. The number of rotatable bonds is 6. The zero-order valence-corrected chi connectivity index (χ0v) is 18.4. The normalized spacial score (nSPS) is 11.1. The van der Waals surface area contributed by atoms with Gasteiger partial charge in [0.15, 0.2) is 5.69 Å². The number of nitro groups is 1. The molecule has 0 spiro atoms.